The van der Waals surface area contributed by atoms with E-state index in [1.54, 1.807) is 6.07 Å². The fourth-order valence-corrected chi connectivity index (χ4v) is 5.54. The minimum atomic E-state index is -1.61. The summed E-state index contributed by atoms with van der Waals surface area (Å²) in [5, 5.41) is 35.8. The van der Waals surface area contributed by atoms with E-state index in [-0.39, 0.29) is 65.9 Å². The largest absolute Gasteiger partial charge is 0.496 e. The molecule has 2 aromatic rings. The number of ether oxygens (including phenoxy) is 6. The Bertz CT molecular complexity index is 1530. The zero-order valence-corrected chi connectivity index (χ0v) is 31.5. The van der Waals surface area contributed by atoms with Crippen LogP contribution >= 0.6 is 11.6 Å². The van der Waals surface area contributed by atoms with Crippen LogP contribution in [-0.2, 0) is 46.5 Å². The van der Waals surface area contributed by atoms with Crippen LogP contribution in [0.1, 0.15) is 80.8 Å². The highest BCUT2D eigenvalue weighted by molar-refractivity contribution is 6.32. The summed E-state index contributed by atoms with van der Waals surface area (Å²) in [5.41, 5.74) is 0.970. The van der Waals surface area contributed by atoms with Gasteiger partial charge in [-0.05, 0) is 50.8 Å². The summed E-state index contributed by atoms with van der Waals surface area (Å²) >= 11 is 6.45. The van der Waals surface area contributed by atoms with Crippen LogP contribution < -0.4 is 20.1 Å². The van der Waals surface area contributed by atoms with Crippen LogP contribution in [0.25, 0.3) is 0 Å². The lowest BCUT2D eigenvalue weighted by atomic mass is 9.99. The number of methoxy groups -OCH3 is 2. The molecule has 0 unspecified atom stereocenters. The Hall–Kier alpha value is -3.99. The molecule has 0 spiro atoms. The van der Waals surface area contributed by atoms with E-state index in [0.29, 0.717) is 19.4 Å². The standard InChI is InChI=1S/C37H51ClN2O13/c1-37(2,3)53-31(44)12-7-6-8-15-39-29(42)13-14-30(43)40-19-22-10-9-11-23(16-22)21-50-27-18-26(48-4)24(17-25(27)38)35(47)52-34-33(46)32(45)28(20-41)51-36(34)49-5/h9-11,16-18,28,32-34,36,41,45-46H,6-8,12-15,19-21H2,1-5H3,(H,39,42)(H,40,43)/t28-,32-,33+,34-,36+/m1/s1. The Morgan fingerprint density at radius 3 is 2.25 bits per heavy atom. The second-order valence-electron chi connectivity index (χ2n) is 13.4. The van der Waals surface area contributed by atoms with Crippen LogP contribution in [0.3, 0.4) is 0 Å². The van der Waals surface area contributed by atoms with Crippen LogP contribution in [0.4, 0.5) is 0 Å². The predicted molar refractivity (Wildman–Crippen MR) is 191 cm³/mol. The predicted octanol–water partition coefficient (Wildman–Crippen LogP) is 2.95. The van der Waals surface area contributed by atoms with Crippen molar-refractivity contribution >= 4 is 35.4 Å². The van der Waals surface area contributed by atoms with Crippen molar-refractivity contribution in [2.75, 3.05) is 27.4 Å². The van der Waals surface area contributed by atoms with Gasteiger partial charge in [0.05, 0.1) is 18.7 Å². The molecule has 0 aromatic heterocycles. The number of carbonyl (C=O) groups is 4. The summed E-state index contributed by atoms with van der Waals surface area (Å²) < 4.78 is 32.5. The van der Waals surface area contributed by atoms with Crippen molar-refractivity contribution < 1.29 is 62.9 Å². The van der Waals surface area contributed by atoms with E-state index >= 15 is 0 Å². The van der Waals surface area contributed by atoms with Crippen molar-refractivity contribution in [3.63, 3.8) is 0 Å². The summed E-state index contributed by atoms with van der Waals surface area (Å²) in [7, 11) is 2.59. The lowest BCUT2D eigenvalue weighted by Gasteiger charge is -2.40. The summed E-state index contributed by atoms with van der Waals surface area (Å²) in [4.78, 5) is 49.4. The normalized spacial score (nSPS) is 19.9. The number of benzene rings is 2. The van der Waals surface area contributed by atoms with E-state index in [0.717, 1.165) is 24.0 Å². The molecule has 294 valence electrons. The van der Waals surface area contributed by atoms with Crippen LogP contribution in [0.2, 0.25) is 5.02 Å². The lowest BCUT2D eigenvalue weighted by Crippen LogP contribution is -2.60. The maximum absolute atomic E-state index is 13.1. The number of aliphatic hydroxyl groups excluding tert-OH is 3. The van der Waals surface area contributed by atoms with E-state index in [9.17, 15) is 34.5 Å². The summed E-state index contributed by atoms with van der Waals surface area (Å²) in [6.45, 7) is 5.67. The first-order chi connectivity index (χ1) is 25.1. The molecule has 1 saturated heterocycles. The minimum Gasteiger partial charge on any atom is -0.496 e. The van der Waals surface area contributed by atoms with Crippen molar-refractivity contribution in [2.45, 2.75) is 109 Å². The Labute approximate surface area is 314 Å². The molecule has 2 aromatic carbocycles. The lowest BCUT2D eigenvalue weighted by molar-refractivity contribution is -0.293. The van der Waals surface area contributed by atoms with Crippen molar-refractivity contribution in [3.05, 3.63) is 58.1 Å². The van der Waals surface area contributed by atoms with Gasteiger partial charge in [0.15, 0.2) is 12.4 Å². The highest BCUT2D eigenvalue weighted by Crippen LogP contribution is 2.35. The Balaban J connectivity index is 1.44. The number of aliphatic hydroxyl groups is 3. The van der Waals surface area contributed by atoms with Crippen LogP contribution in [0.15, 0.2) is 36.4 Å². The topological polar surface area (TPSA) is 208 Å². The third-order valence-electron chi connectivity index (χ3n) is 8.03. The zero-order valence-electron chi connectivity index (χ0n) is 30.7. The molecule has 2 amide bonds. The van der Waals surface area contributed by atoms with E-state index in [2.05, 4.69) is 10.6 Å². The fourth-order valence-electron chi connectivity index (χ4n) is 5.32. The van der Waals surface area contributed by atoms with Crippen LogP contribution in [0.5, 0.6) is 11.5 Å². The van der Waals surface area contributed by atoms with E-state index in [4.69, 9.17) is 40.0 Å². The molecule has 0 radical (unpaired) electrons. The van der Waals surface area contributed by atoms with E-state index in [1.165, 1.54) is 26.4 Å². The Kier molecular flexibility index (Phi) is 17.2. The Morgan fingerprint density at radius 1 is 0.887 bits per heavy atom. The highest BCUT2D eigenvalue weighted by Gasteiger charge is 2.47. The van der Waals surface area contributed by atoms with E-state index < -0.39 is 48.9 Å². The van der Waals surface area contributed by atoms with Crippen LogP contribution in [-0.4, -0.2) is 103 Å². The van der Waals surface area contributed by atoms with Gasteiger partial charge in [0.2, 0.25) is 11.8 Å². The van der Waals surface area contributed by atoms with Gasteiger partial charge < -0.3 is 54.4 Å². The first-order valence-corrected chi connectivity index (χ1v) is 17.7. The molecule has 1 aliphatic heterocycles. The first kappa shape index (κ1) is 43.4. The molecule has 1 heterocycles. The maximum atomic E-state index is 13.1. The smallest absolute Gasteiger partial charge is 0.342 e. The van der Waals surface area contributed by atoms with Gasteiger partial charge in [0.1, 0.15) is 47.6 Å². The maximum Gasteiger partial charge on any atom is 0.342 e. The molecule has 16 heteroatoms. The SMILES string of the molecule is COc1cc(OCc2cccc(CNC(=O)CCC(=O)NCCCCCC(=O)OC(C)(C)C)c2)c(Cl)cc1C(=O)O[C@H]1[C@@H](OC)O[C@H](CO)[C@@H](O)[C@@H]1O. The molecule has 1 fully saturated rings. The number of amides is 2. The second-order valence-corrected chi connectivity index (χ2v) is 13.8. The van der Waals surface area contributed by atoms with Gasteiger partial charge in [0.25, 0.3) is 0 Å². The number of unbranched alkanes of at least 4 members (excludes halogenated alkanes) is 2. The number of hydrogen-bond acceptors (Lipinski definition) is 13. The van der Waals surface area contributed by atoms with Crippen molar-refractivity contribution in [2.24, 2.45) is 0 Å². The van der Waals surface area contributed by atoms with Gasteiger partial charge >= 0.3 is 11.9 Å². The van der Waals surface area contributed by atoms with Gasteiger partial charge in [-0.3, -0.25) is 14.4 Å². The molecular weight excluding hydrogens is 716 g/mol. The van der Waals surface area contributed by atoms with Gasteiger partial charge in [-0.2, -0.15) is 0 Å². The second kappa shape index (κ2) is 21.0. The molecule has 1 aliphatic rings. The van der Waals surface area contributed by atoms with Crippen molar-refractivity contribution in [1.29, 1.82) is 0 Å². The number of halogens is 1. The van der Waals surface area contributed by atoms with Gasteiger partial charge in [0, 0.05) is 45.5 Å². The summed E-state index contributed by atoms with van der Waals surface area (Å²) in [6, 6.07) is 9.99. The van der Waals surface area contributed by atoms with Gasteiger partial charge in [-0.25, -0.2) is 4.79 Å². The van der Waals surface area contributed by atoms with Gasteiger partial charge in [-0.1, -0.05) is 42.3 Å². The molecule has 3 rings (SSSR count). The van der Waals surface area contributed by atoms with Crippen molar-refractivity contribution in [3.8, 4) is 11.5 Å². The van der Waals surface area contributed by atoms with Crippen LogP contribution in [0, 0.1) is 0 Å². The summed E-state index contributed by atoms with van der Waals surface area (Å²) in [5.74, 6) is -1.41. The molecule has 0 bridgehead atoms. The molecular formula is C37H51ClN2O13. The first-order valence-electron chi connectivity index (χ1n) is 17.3. The number of carbonyl (C=O) groups excluding carboxylic acids is 4. The number of nitrogens with one attached hydrogen (secondary N) is 2. The quantitative estimate of drug-likeness (QED) is 0.103. The number of rotatable bonds is 19. The van der Waals surface area contributed by atoms with Gasteiger partial charge in [-0.15, -0.1) is 0 Å². The average molecular weight is 767 g/mol. The zero-order chi connectivity index (χ0) is 39.1. The van der Waals surface area contributed by atoms with E-state index in [1.807, 2.05) is 39.0 Å². The third-order valence-corrected chi connectivity index (χ3v) is 8.32. The number of esters is 2. The number of hydrogen-bond donors (Lipinski definition) is 5. The molecule has 15 nitrogen and oxygen atoms in total. The molecule has 5 N–H and O–H groups in total. The monoisotopic (exact) mass is 766 g/mol. The minimum absolute atomic E-state index is 0.0330. The Morgan fingerprint density at radius 2 is 1.58 bits per heavy atom. The highest BCUT2D eigenvalue weighted by atomic mass is 35.5. The fraction of sp³-hybridized carbons (Fsp3) is 0.568. The molecule has 0 saturated carbocycles. The molecule has 5 atom stereocenters. The molecule has 53 heavy (non-hydrogen) atoms. The summed E-state index contributed by atoms with van der Waals surface area (Å²) in [6.07, 6.45) is -4.38. The molecule has 0 aliphatic carbocycles. The third kappa shape index (κ3) is 14.1. The van der Waals surface area contributed by atoms with Crippen molar-refractivity contribution in [1.82, 2.24) is 10.6 Å². The average Bonchev–Trinajstić information content (AvgIpc) is 3.12.